The first-order chi connectivity index (χ1) is 6.97. The third-order valence-electron chi connectivity index (χ3n) is 1.67. The van der Waals surface area contributed by atoms with Crippen molar-refractivity contribution < 1.29 is 14.5 Å². The lowest BCUT2D eigenvalue weighted by Crippen LogP contribution is -1.99. The van der Waals surface area contributed by atoms with E-state index in [4.69, 9.17) is 27.9 Å². The number of hydrogen-bond donors (Lipinski definition) is 0. The zero-order valence-corrected chi connectivity index (χ0v) is 9.00. The molecule has 7 heteroatoms. The highest BCUT2D eigenvalue weighted by molar-refractivity contribution is 6.69. The van der Waals surface area contributed by atoms with Gasteiger partial charge in [-0.1, -0.05) is 11.6 Å². The van der Waals surface area contributed by atoms with E-state index in [1.165, 1.54) is 7.11 Å². The Morgan fingerprint density at radius 2 is 2.13 bits per heavy atom. The Labute approximate surface area is 94.7 Å². The molecule has 0 aliphatic carbocycles. The number of ether oxygens (including phenoxy) is 1. The highest BCUT2D eigenvalue weighted by Gasteiger charge is 2.20. The lowest BCUT2D eigenvalue weighted by Gasteiger charge is -2.06. The van der Waals surface area contributed by atoms with Crippen molar-refractivity contribution in [2.24, 2.45) is 0 Å². The number of nitro benzene ring substituents is 1. The van der Waals surface area contributed by atoms with Crippen molar-refractivity contribution >= 4 is 34.1 Å². The van der Waals surface area contributed by atoms with Gasteiger partial charge in [-0.2, -0.15) is 0 Å². The van der Waals surface area contributed by atoms with Crippen LogP contribution < -0.4 is 4.74 Å². The largest absolute Gasteiger partial charge is 0.496 e. The van der Waals surface area contributed by atoms with Crippen molar-refractivity contribution in [2.45, 2.75) is 0 Å². The van der Waals surface area contributed by atoms with Crippen LogP contribution in [0.2, 0.25) is 5.02 Å². The molecule has 1 rings (SSSR count). The van der Waals surface area contributed by atoms with E-state index < -0.39 is 10.2 Å². The molecule has 0 aliphatic heterocycles. The average Bonchev–Trinajstić information content (AvgIpc) is 2.15. The summed E-state index contributed by atoms with van der Waals surface area (Å²) in [7, 11) is 1.26. The number of methoxy groups -OCH3 is 1. The molecular weight excluding hydrogens is 245 g/mol. The van der Waals surface area contributed by atoms with E-state index in [-0.39, 0.29) is 22.0 Å². The molecule has 0 spiro atoms. The molecule has 0 bridgehead atoms. The number of carbonyl (C=O) groups excluding carboxylic acids is 1. The Bertz CT molecular complexity index is 433. The van der Waals surface area contributed by atoms with Gasteiger partial charge in [-0.05, 0) is 11.6 Å². The Hall–Kier alpha value is -1.33. The predicted molar refractivity (Wildman–Crippen MR) is 54.8 cm³/mol. The van der Waals surface area contributed by atoms with Crippen LogP contribution in [0.1, 0.15) is 10.4 Å². The van der Waals surface area contributed by atoms with Crippen molar-refractivity contribution in [1.29, 1.82) is 0 Å². The van der Waals surface area contributed by atoms with E-state index in [9.17, 15) is 14.9 Å². The Morgan fingerprint density at radius 1 is 1.53 bits per heavy atom. The van der Waals surface area contributed by atoms with Crippen molar-refractivity contribution in [3.8, 4) is 5.75 Å². The van der Waals surface area contributed by atoms with Gasteiger partial charge in [-0.15, -0.1) is 0 Å². The number of hydrogen-bond acceptors (Lipinski definition) is 4. The summed E-state index contributed by atoms with van der Waals surface area (Å²) in [5, 5.41) is 9.54. The van der Waals surface area contributed by atoms with Crippen molar-refractivity contribution in [2.75, 3.05) is 7.11 Å². The van der Waals surface area contributed by atoms with Crippen LogP contribution in [0.3, 0.4) is 0 Å². The van der Waals surface area contributed by atoms with E-state index >= 15 is 0 Å². The molecule has 0 unspecified atom stereocenters. The Morgan fingerprint density at radius 3 is 2.53 bits per heavy atom. The average molecular weight is 250 g/mol. The zero-order valence-electron chi connectivity index (χ0n) is 7.49. The normalized spacial score (nSPS) is 9.80. The minimum Gasteiger partial charge on any atom is -0.496 e. The number of nitrogens with zero attached hydrogens (tertiary/aromatic N) is 1. The summed E-state index contributed by atoms with van der Waals surface area (Å²) in [6.45, 7) is 0. The van der Waals surface area contributed by atoms with Gasteiger partial charge in [0.05, 0.1) is 28.7 Å². The molecule has 0 aliphatic rings. The summed E-state index contributed by atoms with van der Waals surface area (Å²) in [5.41, 5.74) is -0.343. The fourth-order valence-corrected chi connectivity index (χ4v) is 1.56. The number of nitro groups is 1. The fraction of sp³-hybridized carbons (Fsp3) is 0.125. The van der Waals surface area contributed by atoms with Gasteiger partial charge in [0, 0.05) is 6.07 Å². The predicted octanol–water partition coefficient (Wildman–Crippen LogP) is 2.64. The van der Waals surface area contributed by atoms with Gasteiger partial charge in [0.2, 0.25) is 0 Å². The molecule has 0 aromatic heterocycles. The molecule has 0 atom stereocenters. The van der Waals surface area contributed by atoms with Gasteiger partial charge < -0.3 is 4.74 Å². The van der Waals surface area contributed by atoms with Crippen LogP contribution in [0.4, 0.5) is 5.69 Å². The lowest BCUT2D eigenvalue weighted by atomic mass is 10.2. The Balaban J connectivity index is 3.43. The number of halogens is 2. The van der Waals surface area contributed by atoms with Gasteiger partial charge >= 0.3 is 0 Å². The summed E-state index contributed by atoms with van der Waals surface area (Å²) in [4.78, 5) is 20.8. The minimum absolute atomic E-state index is 0.0193. The molecule has 0 fully saturated rings. The molecule has 0 saturated heterocycles. The van der Waals surface area contributed by atoms with Crippen LogP contribution in [0, 0.1) is 10.1 Å². The second-order valence-electron chi connectivity index (χ2n) is 2.54. The number of non-ortho nitro benzene ring substituents is 1. The fourth-order valence-electron chi connectivity index (χ4n) is 1.02. The molecule has 0 amide bonds. The molecule has 0 heterocycles. The number of carbonyl (C=O) groups is 1. The van der Waals surface area contributed by atoms with E-state index in [0.29, 0.717) is 0 Å². The van der Waals surface area contributed by atoms with Gasteiger partial charge in [0.15, 0.2) is 0 Å². The first kappa shape index (κ1) is 11.7. The molecule has 0 saturated carbocycles. The maximum atomic E-state index is 11.0. The maximum absolute atomic E-state index is 11.0. The van der Waals surface area contributed by atoms with Crippen molar-refractivity contribution in [3.05, 3.63) is 32.8 Å². The first-order valence-electron chi connectivity index (χ1n) is 3.69. The highest BCUT2D eigenvalue weighted by Crippen LogP contribution is 2.32. The van der Waals surface area contributed by atoms with Gasteiger partial charge in [0.1, 0.15) is 5.75 Å². The van der Waals surface area contributed by atoms with E-state index in [1.807, 2.05) is 0 Å². The first-order valence-corrected chi connectivity index (χ1v) is 4.44. The molecular formula is C8H5Cl2NO4. The molecule has 1 aromatic rings. The van der Waals surface area contributed by atoms with Gasteiger partial charge in [-0.3, -0.25) is 14.9 Å². The quantitative estimate of drug-likeness (QED) is 0.469. The van der Waals surface area contributed by atoms with Crippen LogP contribution in [0.5, 0.6) is 5.75 Å². The van der Waals surface area contributed by atoms with Crippen LogP contribution >= 0.6 is 23.2 Å². The highest BCUT2D eigenvalue weighted by atomic mass is 35.5. The van der Waals surface area contributed by atoms with E-state index in [0.717, 1.165) is 12.1 Å². The third kappa shape index (κ3) is 2.37. The molecule has 0 radical (unpaired) electrons. The van der Waals surface area contributed by atoms with Gasteiger partial charge in [0.25, 0.3) is 10.9 Å². The van der Waals surface area contributed by atoms with Crippen molar-refractivity contribution in [1.82, 2.24) is 0 Å². The van der Waals surface area contributed by atoms with Crippen LogP contribution in [-0.2, 0) is 0 Å². The second kappa shape index (κ2) is 4.46. The summed E-state index contributed by atoms with van der Waals surface area (Å²) in [5.74, 6) is -0.0193. The summed E-state index contributed by atoms with van der Waals surface area (Å²) in [6.07, 6.45) is 0. The molecule has 5 nitrogen and oxygen atoms in total. The number of rotatable bonds is 3. The SMILES string of the molecule is COc1cc([N+](=O)[O-])cc(Cl)c1C(=O)Cl. The van der Waals surface area contributed by atoms with Crippen molar-refractivity contribution in [3.63, 3.8) is 0 Å². The standard InChI is InChI=1S/C8H5Cl2NO4/c1-15-6-3-4(11(13)14)2-5(9)7(6)8(10)12/h2-3H,1H3. The second-order valence-corrected chi connectivity index (χ2v) is 3.29. The smallest absolute Gasteiger partial charge is 0.274 e. The summed E-state index contributed by atoms with van der Waals surface area (Å²) in [6, 6.07) is 2.13. The van der Waals surface area contributed by atoms with Gasteiger partial charge in [-0.25, -0.2) is 0 Å². The maximum Gasteiger partial charge on any atom is 0.274 e. The molecule has 15 heavy (non-hydrogen) atoms. The summed E-state index contributed by atoms with van der Waals surface area (Å²) < 4.78 is 4.78. The third-order valence-corrected chi connectivity index (χ3v) is 2.15. The minimum atomic E-state index is -0.827. The monoisotopic (exact) mass is 249 g/mol. The zero-order chi connectivity index (χ0) is 11.6. The lowest BCUT2D eigenvalue weighted by molar-refractivity contribution is -0.384. The molecule has 1 aromatic carbocycles. The van der Waals surface area contributed by atoms with Crippen LogP contribution in [0.15, 0.2) is 12.1 Å². The Kier molecular flexibility index (Phi) is 3.49. The van der Waals surface area contributed by atoms with E-state index in [1.54, 1.807) is 0 Å². The van der Waals surface area contributed by atoms with E-state index in [2.05, 4.69) is 0 Å². The summed E-state index contributed by atoms with van der Waals surface area (Å²) >= 11 is 10.9. The van der Waals surface area contributed by atoms with Crippen LogP contribution in [0.25, 0.3) is 0 Å². The molecule has 80 valence electrons. The van der Waals surface area contributed by atoms with Crippen LogP contribution in [-0.4, -0.2) is 17.3 Å². The number of benzene rings is 1. The topological polar surface area (TPSA) is 69.4 Å². The molecule has 0 N–H and O–H groups in total.